The molecule has 1 amide bonds. The summed E-state index contributed by atoms with van der Waals surface area (Å²) in [6.45, 7) is 0. The van der Waals surface area contributed by atoms with Gasteiger partial charge in [0, 0.05) is 23.2 Å². The van der Waals surface area contributed by atoms with E-state index >= 15 is 0 Å². The third-order valence-electron chi connectivity index (χ3n) is 4.21. The van der Waals surface area contributed by atoms with Crippen molar-refractivity contribution in [1.82, 2.24) is 10.3 Å². The molecule has 0 radical (unpaired) electrons. The van der Waals surface area contributed by atoms with Gasteiger partial charge in [0.2, 0.25) is 11.8 Å². The lowest BCUT2D eigenvalue weighted by molar-refractivity contribution is -0.119. The van der Waals surface area contributed by atoms with Gasteiger partial charge in [-0.1, -0.05) is 11.6 Å². The molecule has 4 nitrogen and oxygen atoms in total. The van der Waals surface area contributed by atoms with Crippen LogP contribution in [0.2, 0.25) is 5.02 Å². The van der Waals surface area contributed by atoms with Crippen molar-refractivity contribution in [3.05, 3.63) is 53.4 Å². The maximum Gasteiger partial charge on any atom is 0.230 e. The summed E-state index contributed by atoms with van der Waals surface area (Å²) in [5, 5.41) is 3.66. The number of nitrogens with one attached hydrogen (secondary N) is 1. The third-order valence-corrected chi connectivity index (χ3v) is 5.45. The first-order valence-corrected chi connectivity index (χ1v) is 9.91. The first kappa shape index (κ1) is 19.0. The van der Waals surface area contributed by atoms with E-state index in [0.29, 0.717) is 16.7 Å². The summed E-state index contributed by atoms with van der Waals surface area (Å²) in [5.41, 5.74) is 0. The number of hydrogen-bond acceptors (Lipinski definition) is 4. The molecule has 2 aromatic rings. The fourth-order valence-corrected chi connectivity index (χ4v) is 3.70. The Morgan fingerprint density at radius 3 is 2.58 bits per heavy atom. The van der Waals surface area contributed by atoms with Crippen LogP contribution >= 0.6 is 23.4 Å². The molecule has 1 aliphatic rings. The highest BCUT2D eigenvalue weighted by molar-refractivity contribution is 8.00. The molecule has 0 atom stereocenters. The van der Waals surface area contributed by atoms with Crippen LogP contribution in [0.1, 0.15) is 25.7 Å². The van der Waals surface area contributed by atoms with E-state index in [4.69, 9.17) is 16.3 Å². The standard InChI is InChI=1S/C19H20ClFN2O2S/c20-13-1-10-19(22-11-13)25-16-6-4-15(5-7-16)23-18(24)12-26-17-8-2-14(21)3-9-17/h1-3,8-11,15-16H,4-7,12H2,(H,23,24). The number of halogens is 2. The topological polar surface area (TPSA) is 51.2 Å². The van der Waals surface area contributed by atoms with E-state index in [0.717, 1.165) is 30.6 Å². The van der Waals surface area contributed by atoms with Crippen molar-refractivity contribution in [2.24, 2.45) is 0 Å². The lowest BCUT2D eigenvalue weighted by atomic mass is 9.93. The van der Waals surface area contributed by atoms with Crippen molar-refractivity contribution in [3.63, 3.8) is 0 Å². The van der Waals surface area contributed by atoms with Gasteiger partial charge in [0.05, 0.1) is 10.8 Å². The van der Waals surface area contributed by atoms with Crippen LogP contribution in [0, 0.1) is 5.82 Å². The molecule has 1 heterocycles. The van der Waals surface area contributed by atoms with Gasteiger partial charge in [-0.3, -0.25) is 4.79 Å². The summed E-state index contributed by atoms with van der Waals surface area (Å²) in [4.78, 5) is 17.1. The molecule has 1 aromatic carbocycles. The molecule has 1 saturated carbocycles. The van der Waals surface area contributed by atoms with Gasteiger partial charge in [-0.2, -0.15) is 0 Å². The SMILES string of the molecule is O=C(CSc1ccc(F)cc1)NC1CCC(Oc2ccc(Cl)cn2)CC1. The molecule has 1 aliphatic carbocycles. The summed E-state index contributed by atoms with van der Waals surface area (Å²) in [6.07, 6.45) is 5.20. The maximum absolute atomic E-state index is 12.9. The molecule has 26 heavy (non-hydrogen) atoms. The minimum Gasteiger partial charge on any atom is -0.474 e. The first-order valence-electron chi connectivity index (χ1n) is 8.54. The van der Waals surface area contributed by atoms with E-state index in [-0.39, 0.29) is 23.9 Å². The Labute approximate surface area is 161 Å². The fourth-order valence-electron chi connectivity index (χ4n) is 2.88. The van der Waals surface area contributed by atoms with Crippen LogP contribution in [0.3, 0.4) is 0 Å². The summed E-state index contributed by atoms with van der Waals surface area (Å²) in [6, 6.07) is 9.86. The molecule has 0 aliphatic heterocycles. The first-order chi connectivity index (χ1) is 12.6. The van der Waals surface area contributed by atoms with Gasteiger partial charge in [-0.25, -0.2) is 9.37 Å². The number of carbonyl (C=O) groups is 1. The summed E-state index contributed by atoms with van der Waals surface area (Å²) >= 11 is 7.22. The number of amides is 1. The molecule has 3 rings (SSSR count). The smallest absolute Gasteiger partial charge is 0.230 e. The van der Waals surface area contributed by atoms with Gasteiger partial charge in [-0.15, -0.1) is 11.8 Å². The molecular weight excluding hydrogens is 375 g/mol. The highest BCUT2D eigenvalue weighted by Gasteiger charge is 2.23. The van der Waals surface area contributed by atoms with Crippen molar-refractivity contribution in [2.45, 2.75) is 42.7 Å². The highest BCUT2D eigenvalue weighted by Crippen LogP contribution is 2.24. The number of rotatable bonds is 6. The molecule has 138 valence electrons. The van der Waals surface area contributed by atoms with E-state index < -0.39 is 0 Å². The van der Waals surface area contributed by atoms with Crippen LogP contribution < -0.4 is 10.1 Å². The second-order valence-electron chi connectivity index (χ2n) is 6.22. The normalized spacial score (nSPS) is 19.8. The lowest BCUT2D eigenvalue weighted by Crippen LogP contribution is -2.40. The van der Waals surface area contributed by atoms with Gasteiger partial charge >= 0.3 is 0 Å². The number of thioether (sulfide) groups is 1. The predicted molar refractivity (Wildman–Crippen MR) is 101 cm³/mol. The molecule has 1 fully saturated rings. The minimum atomic E-state index is -0.272. The number of aromatic nitrogens is 1. The molecular formula is C19H20ClFN2O2S. The summed E-state index contributed by atoms with van der Waals surface area (Å²) in [5.74, 6) is 0.642. The Balaban J connectivity index is 1.37. The molecule has 0 saturated heterocycles. The van der Waals surface area contributed by atoms with E-state index in [1.165, 1.54) is 23.9 Å². The summed E-state index contributed by atoms with van der Waals surface area (Å²) in [7, 11) is 0. The molecule has 0 spiro atoms. The van der Waals surface area contributed by atoms with Gasteiger partial charge in [0.15, 0.2) is 0 Å². The third kappa shape index (κ3) is 5.88. The zero-order valence-electron chi connectivity index (χ0n) is 14.2. The monoisotopic (exact) mass is 394 g/mol. The largest absolute Gasteiger partial charge is 0.474 e. The number of ether oxygens (including phenoxy) is 1. The second-order valence-corrected chi connectivity index (χ2v) is 7.70. The Kier molecular flexibility index (Phi) is 6.74. The second kappa shape index (κ2) is 9.24. The van der Waals surface area contributed by atoms with Gasteiger partial charge in [0.1, 0.15) is 11.9 Å². The molecule has 1 aromatic heterocycles. The number of pyridine rings is 1. The maximum atomic E-state index is 12.9. The average Bonchev–Trinajstić information content (AvgIpc) is 2.65. The fraction of sp³-hybridized carbons (Fsp3) is 0.368. The predicted octanol–water partition coefficient (Wildman–Crippen LogP) is 4.47. The van der Waals surface area contributed by atoms with E-state index in [1.807, 2.05) is 0 Å². The van der Waals surface area contributed by atoms with E-state index in [9.17, 15) is 9.18 Å². The number of carbonyl (C=O) groups excluding carboxylic acids is 1. The van der Waals surface area contributed by atoms with Crippen LogP contribution in [0.25, 0.3) is 0 Å². The Morgan fingerprint density at radius 2 is 1.92 bits per heavy atom. The molecule has 0 unspecified atom stereocenters. The van der Waals surface area contributed by atoms with Gasteiger partial charge in [-0.05, 0) is 56.0 Å². The minimum absolute atomic E-state index is 0.00283. The van der Waals surface area contributed by atoms with Crippen molar-refractivity contribution in [2.75, 3.05) is 5.75 Å². The highest BCUT2D eigenvalue weighted by atomic mass is 35.5. The molecule has 0 bridgehead atoms. The number of hydrogen-bond donors (Lipinski definition) is 1. The quantitative estimate of drug-likeness (QED) is 0.734. The van der Waals surface area contributed by atoms with Crippen LogP contribution in [-0.4, -0.2) is 28.8 Å². The molecule has 7 heteroatoms. The summed E-state index contributed by atoms with van der Waals surface area (Å²) < 4.78 is 18.7. The number of benzene rings is 1. The molecule has 1 N–H and O–H groups in total. The number of nitrogens with zero attached hydrogens (tertiary/aromatic N) is 1. The van der Waals surface area contributed by atoms with Crippen molar-refractivity contribution in [3.8, 4) is 5.88 Å². The van der Waals surface area contributed by atoms with Crippen LogP contribution in [0.4, 0.5) is 4.39 Å². The van der Waals surface area contributed by atoms with Gasteiger partial charge in [0.25, 0.3) is 0 Å². The average molecular weight is 395 g/mol. The Hall–Kier alpha value is -1.79. The van der Waals surface area contributed by atoms with Crippen LogP contribution in [0.5, 0.6) is 5.88 Å². The van der Waals surface area contributed by atoms with Crippen molar-refractivity contribution in [1.29, 1.82) is 0 Å². The zero-order chi connectivity index (χ0) is 18.4. The zero-order valence-corrected chi connectivity index (χ0v) is 15.7. The van der Waals surface area contributed by atoms with Gasteiger partial charge < -0.3 is 10.1 Å². The Bertz CT molecular complexity index is 719. The van der Waals surface area contributed by atoms with E-state index in [2.05, 4.69) is 10.3 Å². The lowest BCUT2D eigenvalue weighted by Gasteiger charge is -2.29. The van der Waals surface area contributed by atoms with E-state index in [1.54, 1.807) is 30.5 Å². The Morgan fingerprint density at radius 1 is 1.19 bits per heavy atom. The van der Waals surface area contributed by atoms with Crippen molar-refractivity contribution >= 4 is 29.3 Å². The van der Waals surface area contributed by atoms with Crippen LogP contribution in [-0.2, 0) is 4.79 Å². The van der Waals surface area contributed by atoms with Crippen molar-refractivity contribution < 1.29 is 13.9 Å². The van der Waals surface area contributed by atoms with Crippen LogP contribution in [0.15, 0.2) is 47.5 Å².